The predicted molar refractivity (Wildman–Crippen MR) is 71.5 cm³/mol. The van der Waals surface area contributed by atoms with Crippen LogP contribution in [-0.2, 0) is 6.61 Å². The molecular formula is C13H8BrF2NO3. The fraction of sp³-hybridized carbons (Fsp3) is 0.0769. The molecule has 104 valence electrons. The van der Waals surface area contributed by atoms with E-state index < -0.39 is 16.4 Å². The van der Waals surface area contributed by atoms with Crippen molar-refractivity contribution >= 4 is 21.6 Å². The second-order valence-electron chi connectivity index (χ2n) is 3.89. The minimum Gasteiger partial charge on any atom is -0.489 e. The number of ether oxygens (including phenoxy) is 1. The zero-order valence-electron chi connectivity index (χ0n) is 9.98. The zero-order chi connectivity index (χ0) is 14.7. The summed E-state index contributed by atoms with van der Waals surface area (Å²) in [6, 6.07) is 7.37. The van der Waals surface area contributed by atoms with Gasteiger partial charge < -0.3 is 4.74 Å². The molecule has 0 saturated heterocycles. The zero-order valence-corrected chi connectivity index (χ0v) is 11.6. The Balaban J connectivity index is 2.11. The number of benzene rings is 2. The number of hydrogen-bond donors (Lipinski definition) is 0. The van der Waals surface area contributed by atoms with Crippen molar-refractivity contribution in [2.24, 2.45) is 0 Å². The van der Waals surface area contributed by atoms with Crippen LogP contribution >= 0.6 is 15.9 Å². The molecule has 0 heterocycles. The quantitative estimate of drug-likeness (QED) is 0.617. The Morgan fingerprint density at radius 3 is 2.55 bits per heavy atom. The standard InChI is InChI=1S/C13H8BrF2NO3/c14-11-5-9(15)2-1-8(11)7-20-10-3-4-13(17(18)19)12(16)6-10/h1-6H,7H2. The highest BCUT2D eigenvalue weighted by atomic mass is 79.9. The summed E-state index contributed by atoms with van der Waals surface area (Å²) in [6.07, 6.45) is 0. The van der Waals surface area contributed by atoms with Crippen LogP contribution in [-0.4, -0.2) is 4.92 Å². The molecule has 0 unspecified atom stereocenters. The van der Waals surface area contributed by atoms with Crippen LogP contribution in [0.5, 0.6) is 5.75 Å². The first-order chi connectivity index (χ1) is 9.47. The Morgan fingerprint density at radius 1 is 1.20 bits per heavy atom. The average Bonchev–Trinajstić information content (AvgIpc) is 2.37. The normalized spacial score (nSPS) is 10.3. The lowest BCUT2D eigenvalue weighted by molar-refractivity contribution is -0.387. The van der Waals surface area contributed by atoms with Gasteiger partial charge in [0.15, 0.2) is 0 Å². The van der Waals surface area contributed by atoms with Gasteiger partial charge in [-0.25, -0.2) is 4.39 Å². The molecule has 4 nitrogen and oxygen atoms in total. The lowest BCUT2D eigenvalue weighted by atomic mass is 10.2. The van der Waals surface area contributed by atoms with Crippen molar-refractivity contribution in [3.8, 4) is 5.75 Å². The summed E-state index contributed by atoms with van der Waals surface area (Å²) in [5.41, 5.74) is 0.0606. The van der Waals surface area contributed by atoms with Crippen molar-refractivity contribution in [3.05, 3.63) is 68.2 Å². The first-order valence-corrected chi connectivity index (χ1v) is 6.27. The maximum absolute atomic E-state index is 13.4. The Hall–Kier alpha value is -2.02. The monoisotopic (exact) mass is 343 g/mol. The molecule has 0 aromatic heterocycles. The second kappa shape index (κ2) is 5.96. The van der Waals surface area contributed by atoms with Crippen molar-refractivity contribution in [1.29, 1.82) is 0 Å². The van der Waals surface area contributed by atoms with Gasteiger partial charge in [0, 0.05) is 22.2 Å². The minimum absolute atomic E-state index is 0.0815. The van der Waals surface area contributed by atoms with Crippen molar-refractivity contribution < 1.29 is 18.4 Å². The highest BCUT2D eigenvalue weighted by Crippen LogP contribution is 2.24. The SMILES string of the molecule is O=[N+]([O-])c1ccc(OCc2ccc(F)cc2Br)cc1F. The molecule has 0 aliphatic carbocycles. The van der Waals surface area contributed by atoms with Crippen LogP contribution < -0.4 is 4.74 Å². The van der Waals surface area contributed by atoms with Gasteiger partial charge in [-0.05, 0) is 18.2 Å². The van der Waals surface area contributed by atoms with Gasteiger partial charge in [-0.1, -0.05) is 22.0 Å². The number of nitro groups is 1. The van der Waals surface area contributed by atoms with Crippen LogP contribution in [0.1, 0.15) is 5.56 Å². The average molecular weight is 344 g/mol. The van der Waals surface area contributed by atoms with E-state index in [9.17, 15) is 18.9 Å². The molecule has 0 amide bonds. The topological polar surface area (TPSA) is 52.4 Å². The van der Waals surface area contributed by atoms with Crippen LogP contribution in [0.3, 0.4) is 0 Å². The molecule has 20 heavy (non-hydrogen) atoms. The summed E-state index contributed by atoms with van der Waals surface area (Å²) < 4.78 is 32.1. The molecule has 0 saturated carbocycles. The third-order valence-corrected chi connectivity index (χ3v) is 3.26. The van der Waals surface area contributed by atoms with E-state index in [-0.39, 0.29) is 18.2 Å². The van der Waals surface area contributed by atoms with Crippen LogP contribution in [0.4, 0.5) is 14.5 Å². The first-order valence-electron chi connectivity index (χ1n) is 5.48. The van der Waals surface area contributed by atoms with Gasteiger partial charge in [0.1, 0.15) is 18.2 Å². The highest BCUT2D eigenvalue weighted by Gasteiger charge is 2.14. The number of nitrogens with zero attached hydrogens (tertiary/aromatic N) is 1. The first kappa shape index (κ1) is 14.4. The fourth-order valence-electron chi connectivity index (χ4n) is 1.53. The summed E-state index contributed by atoms with van der Waals surface area (Å²) in [5.74, 6) is -1.20. The molecule has 0 spiro atoms. The van der Waals surface area contributed by atoms with Crippen LogP contribution in [0, 0.1) is 21.7 Å². The minimum atomic E-state index is -0.967. The fourth-order valence-corrected chi connectivity index (χ4v) is 1.99. The van der Waals surface area contributed by atoms with E-state index in [0.29, 0.717) is 10.0 Å². The molecule has 2 aromatic carbocycles. The van der Waals surface area contributed by atoms with E-state index in [2.05, 4.69) is 15.9 Å². The summed E-state index contributed by atoms with van der Waals surface area (Å²) in [6.45, 7) is 0.0815. The molecule has 0 atom stereocenters. The Bertz CT molecular complexity index is 664. The molecule has 7 heteroatoms. The van der Waals surface area contributed by atoms with Gasteiger partial charge in [-0.15, -0.1) is 0 Å². The van der Waals surface area contributed by atoms with E-state index in [1.54, 1.807) is 0 Å². The van der Waals surface area contributed by atoms with Crippen LogP contribution in [0.15, 0.2) is 40.9 Å². The maximum atomic E-state index is 13.4. The molecule has 0 bridgehead atoms. The Labute approximate surface area is 121 Å². The molecule has 2 rings (SSSR count). The number of nitro benzene ring substituents is 1. The van der Waals surface area contributed by atoms with Crippen molar-refractivity contribution in [2.45, 2.75) is 6.61 Å². The van der Waals surface area contributed by atoms with Gasteiger partial charge in [0.25, 0.3) is 0 Å². The van der Waals surface area contributed by atoms with Gasteiger partial charge >= 0.3 is 5.69 Å². The largest absolute Gasteiger partial charge is 0.489 e. The third-order valence-electron chi connectivity index (χ3n) is 2.53. The van der Waals surface area contributed by atoms with E-state index >= 15 is 0 Å². The highest BCUT2D eigenvalue weighted by molar-refractivity contribution is 9.10. The maximum Gasteiger partial charge on any atom is 0.305 e. The second-order valence-corrected chi connectivity index (χ2v) is 4.75. The number of hydrogen-bond acceptors (Lipinski definition) is 3. The van der Waals surface area contributed by atoms with Crippen LogP contribution in [0.25, 0.3) is 0 Å². The van der Waals surface area contributed by atoms with E-state index in [1.165, 1.54) is 24.3 Å². The van der Waals surface area contributed by atoms with Crippen molar-refractivity contribution in [2.75, 3.05) is 0 Å². The molecular weight excluding hydrogens is 336 g/mol. The van der Waals surface area contributed by atoms with Gasteiger partial charge in [0.2, 0.25) is 5.82 Å². The smallest absolute Gasteiger partial charge is 0.305 e. The molecule has 0 N–H and O–H groups in total. The lowest BCUT2D eigenvalue weighted by Crippen LogP contribution is -1.98. The number of rotatable bonds is 4. The molecule has 0 aliphatic rings. The Morgan fingerprint density at radius 2 is 1.95 bits per heavy atom. The van der Waals surface area contributed by atoms with E-state index in [4.69, 9.17) is 4.74 Å². The van der Waals surface area contributed by atoms with E-state index in [0.717, 1.165) is 12.1 Å². The van der Waals surface area contributed by atoms with Crippen molar-refractivity contribution in [1.82, 2.24) is 0 Å². The van der Waals surface area contributed by atoms with Gasteiger partial charge in [-0.2, -0.15) is 4.39 Å². The van der Waals surface area contributed by atoms with Gasteiger partial charge in [0.05, 0.1) is 4.92 Å². The number of halogens is 3. The van der Waals surface area contributed by atoms with Crippen LogP contribution in [0.2, 0.25) is 0 Å². The lowest BCUT2D eigenvalue weighted by Gasteiger charge is -2.08. The summed E-state index contributed by atoms with van der Waals surface area (Å²) in [7, 11) is 0. The molecule has 0 aliphatic heterocycles. The summed E-state index contributed by atoms with van der Waals surface area (Å²) in [4.78, 5) is 9.66. The molecule has 2 aromatic rings. The molecule has 0 fully saturated rings. The van der Waals surface area contributed by atoms with Crippen molar-refractivity contribution in [3.63, 3.8) is 0 Å². The predicted octanol–water partition coefficient (Wildman–Crippen LogP) is 4.21. The summed E-state index contributed by atoms with van der Waals surface area (Å²) >= 11 is 3.18. The third kappa shape index (κ3) is 3.30. The summed E-state index contributed by atoms with van der Waals surface area (Å²) in [5, 5.41) is 10.5. The molecule has 0 radical (unpaired) electrons. The van der Waals surface area contributed by atoms with Gasteiger partial charge in [-0.3, -0.25) is 10.1 Å². The Kier molecular flexibility index (Phi) is 4.29. The van der Waals surface area contributed by atoms with E-state index in [1.807, 2.05) is 0 Å².